The van der Waals surface area contributed by atoms with Crippen LogP contribution in [0, 0.1) is 5.82 Å². The normalized spacial score (nSPS) is 11.1. The molecular weight excluding hydrogens is 253 g/mol. The minimum Gasteiger partial charge on any atom is -0.360 e. The van der Waals surface area contributed by atoms with Crippen molar-refractivity contribution in [3.05, 3.63) is 35.8 Å². The van der Waals surface area contributed by atoms with Gasteiger partial charge >= 0.3 is 0 Å². The molecule has 2 nitrogen and oxygen atoms in total. The lowest BCUT2D eigenvalue weighted by Gasteiger charge is -2.01. The van der Waals surface area contributed by atoms with Crippen molar-refractivity contribution >= 4 is 16.7 Å². The van der Waals surface area contributed by atoms with Crippen molar-refractivity contribution in [2.45, 2.75) is 51.9 Å². The molecule has 20 heavy (non-hydrogen) atoms. The molecule has 2 aromatic rings. The van der Waals surface area contributed by atoms with Crippen molar-refractivity contribution in [1.29, 1.82) is 0 Å². The van der Waals surface area contributed by atoms with Gasteiger partial charge in [0.25, 0.3) is 0 Å². The van der Waals surface area contributed by atoms with Crippen molar-refractivity contribution in [1.82, 2.24) is 4.98 Å². The first-order valence-corrected chi connectivity index (χ1v) is 7.52. The van der Waals surface area contributed by atoms with Gasteiger partial charge in [-0.15, -0.1) is 0 Å². The Kier molecular flexibility index (Phi) is 5.33. The number of aromatic amines is 1. The molecular formula is C17H22FNO. The average molecular weight is 275 g/mol. The maximum Gasteiger partial charge on any atom is 0.165 e. The van der Waals surface area contributed by atoms with Crippen LogP contribution in [-0.2, 0) is 0 Å². The summed E-state index contributed by atoms with van der Waals surface area (Å²) < 4.78 is 13.1. The van der Waals surface area contributed by atoms with Crippen LogP contribution < -0.4 is 0 Å². The Morgan fingerprint density at radius 2 is 1.90 bits per heavy atom. The van der Waals surface area contributed by atoms with Crippen molar-refractivity contribution in [3.63, 3.8) is 0 Å². The maximum absolute atomic E-state index is 13.1. The summed E-state index contributed by atoms with van der Waals surface area (Å²) in [6, 6.07) is 4.50. The van der Waals surface area contributed by atoms with E-state index in [2.05, 4.69) is 11.9 Å². The number of hydrogen-bond acceptors (Lipinski definition) is 1. The second-order valence-electron chi connectivity index (χ2n) is 5.33. The molecule has 1 N–H and O–H groups in total. The number of halogens is 1. The summed E-state index contributed by atoms with van der Waals surface area (Å²) in [5, 5.41) is 0.822. The number of benzene rings is 1. The Bertz CT molecular complexity index is 573. The third-order valence-corrected chi connectivity index (χ3v) is 3.70. The van der Waals surface area contributed by atoms with Gasteiger partial charge in [-0.25, -0.2) is 4.39 Å². The standard InChI is InChI=1S/C17H22FNO/c1-2-3-4-5-6-7-8-17(20)15-12-19-16-11-13(18)9-10-14(15)16/h9-12,19H,2-8H2,1H3. The fourth-order valence-corrected chi connectivity index (χ4v) is 2.53. The average Bonchev–Trinajstić information content (AvgIpc) is 2.85. The number of rotatable bonds is 8. The maximum atomic E-state index is 13.1. The number of aromatic nitrogens is 1. The SMILES string of the molecule is CCCCCCCCC(=O)c1c[nH]c2cc(F)ccc12. The zero-order valence-electron chi connectivity index (χ0n) is 12.0. The first-order valence-electron chi connectivity index (χ1n) is 7.52. The molecule has 0 amide bonds. The molecule has 3 heteroatoms. The van der Waals surface area contributed by atoms with E-state index in [4.69, 9.17) is 0 Å². The lowest BCUT2D eigenvalue weighted by Crippen LogP contribution is -1.97. The van der Waals surface area contributed by atoms with Gasteiger partial charge in [0, 0.05) is 29.1 Å². The van der Waals surface area contributed by atoms with Gasteiger partial charge in [0.1, 0.15) is 5.82 Å². The van der Waals surface area contributed by atoms with Crippen LogP contribution in [0.4, 0.5) is 4.39 Å². The Hall–Kier alpha value is -1.64. The van der Waals surface area contributed by atoms with Crippen LogP contribution in [0.5, 0.6) is 0 Å². The van der Waals surface area contributed by atoms with Gasteiger partial charge < -0.3 is 4.98 Å². The molecule has 0 spiro atoms. The van der Waals surface area contributed by atoms with E-state index in [1.54, 1.807) is 12.3 Å². The first kappa shape index (κ1) is 14.8. The smallest absolute Gasteiger partial charge is 0.165 e. The summed E-state index contributed by atoms with van der Waals surface area (Å²) in [5.41, 5.74) is 1.38. The van der Waals surface area contributed by atoms with E-state index >= 15 is 0 Å². The van der Waals surface area contributed by atoms with E-state index in [0.29, 0.717) is 17.5 Å². The molecule has 108 valence electrons. The van der Waals surface area contributed by atoms with Crippen molar-refractivity contribution in [3.8, 4) is 0 Å². The number of hydrogen-bond donors (Lipinski definition) is 1. The number of carbonyl (C=O) groups excluding carboxylic acids is 1. The summed E-state index contributed by atoms with van der Waals surface area (Å²) >= 11 is 0. The molecule has 1 aromatic heterocycles. The first-order chi connectivity index (χ1) is 9.72. The largest absolute Gasteiger partial charge is 0.360 e. The van der Waals surface area contributed by atoms with Gasteiger partial charge in [0.05, 0.1) is 0 Å². The molecule has 1 heterocycles. The number of unbranched alkanes of at least 4 members (excludes halogenated alkanes) is 5. The van der Waals surface area contributed by atoms with E-state index in [1.165, 1.54) is 37.8 Å². The Labute approximate surface area is 119 Å². The summed E-state index contributed by atoms with van der Waals surface area (Å²) in [5.74, 6) is -0.132. The fourth-order valence-electron chi connectivity index (χ4n) is 2.53. The molecule has 0 aliphatic rings. The third-order valence-electron chi connectivity index (χ3n) is 3.70. The summed E-state index contributed by atoms with van der Waals surface area (Å²) in [4.78, 5) is 15.1. The zero-order valence-corrected chi connectivity index (χ0v) is 12.0. The molecule has 0 bridgehead atoms. The summed E-state index contributed by atoms with van der Waals surface area (Å²) in [6.45, 7) is 2.20. The highest BCUT2D eigenvalue weighted by Gasteiger charge is 2.11. The number of Topliss-reactive ketones (excluding diaryl/α,β-unsaturated/α-hetero) is 1. The minimum atomic E-state index is -0.283. The lowest BCUT2D eigenvalue weighted by atomic mass is 10.0. The molecule has 0 saturated heterocycles. The molecule has 0 unspecified atom stereocenters. The predicted molar refractivity (Wildman–Crippen MR) is 80.6 cm³/mol. The van der Waals surface area contributed by atoms with Gasteiger partial charge in [-0.05, 0) is 24.6 Å². The number of H-pyrrole nitrogens is 1. The van der Waals surface area contributed by atoms with Gasteiger partial charge in [-0.1, -0.05) is 39.0 Å². The van der Waals surface area contributed by atoms with Crippen LogP contribution in [0.15, 0.2) is 24.4 Å². The van der Waals surface area contributed by atoms with Crippen LogP contribution >= 0.6 is 0 Å². The van der Waals surface area contributed by atoms with Crippen LogP contribution in [0.25, 0.3) is 10.9 Å². The van der Waals surface area contributed by atoms with Crippen LogP contribution in [0.3, 0.4) is 0 Å². The Morgan fingerprint density at radius 1 is 1.15 bits per heavy atom. The van der Waals surface area contributed by atoms with Crippen molar-refractivity contribution in [2.24, 2.45) is 0 Å². The molecule has 0 atom stereocenters. The molecule has 1 aromatic carbocycles. The highest BCUT2D eigenvalue weighted by molar-refractivity contribution is 6.07. The summed E-state index contributed by atoms with van der Waals surface area (Å²) in [7, 11) is 0. The molecule has 2 rings (SSSR count). The van der Waals surface area contributed by atoms with Crippen LogP contribution in [0.1, 0.15) is 62.2 Å². The highest BCUT2D eigenvalue weighted by atomic mass is 19.1. The van der Waals surface area contributed by atoms with Crippen molar-refractivity contribution in [2.75, 3.05) is 0 Å². The van der Waals surface area contributed by atoms with Crippen LogP contribution in [0.2, 0.25) is 0 Å². The second kappa shape index (κ2) is 7.22. The molecule has 0 fully saturated rings. The van der Waals surface area contributed by atoms with E-state index in [-0.39, 0.29) is 11.6 Å². The number of fused-ring (bicyclic) bond motifs is 1. The van der Waals surface area contributed by atoms with E-state index < -0.39 is 0 Å². The molecule has 0 aliphatic heterocycles. The van der Waals surface area contributed by atoms with E-state index in [9.17, 15) is 9.18 Å². The third kappa shape index (κ3) is 3.69. The van der Waals surface area contributed by atoms with Gasteiger partial charge in [0.15, 0.2) is 5.78 Å². The number of carbonyl (C=O) groups is 1. The lowest BCUT2D eigenvalue weighted by molar-refractivity contribution is 0.0980. The van der Waals surface area contributed by atoms with Crippen LogP contribution in [-0.4, -0.2) is 10.8 Å². The number of nitrogens with one attached hydrogen (secondary N) is 1. The summed E-state index contributed by atoms with van der Waals surface area (Å²) in [6.07, 6.45) is 9.32. The van der Waals surface area contributed by atoms with Crippen molar-refractivity contribution < 1.29 is 9.18 Å². The monoisotopic (exact) mass is 275 g/mol. The fraction of sp³-hybridized carbons (Fsp3) is 0.471. The Balaban J connectivity index is 1.88. The predicted octanol–water partition coefficient (Wildman–Crippen LogP) is 5.24. The van der Waals surface area contributed by atoms with Gasteiger partial charge in [0.2, 0.25) is 0 Å². The minimum absolute atomic E-state index is 0.151. The Morgan fingerprint density at radius 3 is 2.70 bits per heavy atom. The molecule has 0 aliphatic carbocycles. The molecule has 0 radical (unpaired) electrons. The highest BCUT2D eigenvalue weighted by Crippen LogP contribution is 2.21. The van der Waals surface area contributed by atoms with E-state index in [0.717, 1.165) is 18.2 Å². The second-order valence-corrected chi connectivity index (χ2v) is 5.33. The van der Waals surface area contributed by atoms with E-state index in [1.807, 2.05) is 0 Å². The number of ketones is 1. The topological polar surface area (TPSA) is 32.9 Å². The zero-order chi connectivity index (χ0) is 14.4. The van der Waals surface area contributed by atoms with Gasteiger partial charge in [-0.2, -0.15) is 0 Å². The molecule has 0 saturated carbocycles. The van der Waals surface area contributed by atoms with Gasteiger partial charge in [-0.3, -0.25) is 4.79 Å². The quantitative estimate of drug-likeness (QED) is 0.518.